The van der Waals surface area contributed by atoms with Crippen molar-refractivity contribution in [2.75, 3.05) is 33.1 Å². The summed E-state index contributed by atoms with van der Waals surface area (Å²) in [4.78, 5) is 11.8. The van der Waals surface area contributed by atoms with E-state index < -0.39 is 21.7 Å². The number of ether oxygens (including phenoxy) is 3. The maximum absolute atomic E-state index is 13.4. The van der Waals surface area contributed by atoms with Gasteiger partial charge in [0.1, 0.15) is 17.1 Å². The second kappa shape index (κ2) is 14.2. The van der Waals surface area contributed by atoms with Crippen molar-refractivity contribution in [3.05, 3.63) is 59.7 Å². The highest BCUT2D eigenvalue weighted by atomic mass is 32.2. The van der Waals surface area contributed by atoms with Crippen LogP contribution in [0.4, 0.5) is 4.79 Å². The molecule has 0 aliphatic heterocycles. The minimum atomic E-state index is -3.58. The predicted molar refractivity (Wildman–Crippen MR) is 145 cm³/mol. The average molecular weight is 536 g/mol. The number of nitrogens with zero attached hydrogens (tertiary/aromatic N) is 1. The molecule has 0 spiro atoms. The molecule has 1 amide bonds. The van der Waals surface area contributed by atoms with Crippen LogP contribution >= 0.6 is 0 Å². The lowest BCUT2D eigenvalue weighted by Gasteiger charge is -2.24. The number of hydrogen-bond acceptors (Lipinski definition) is 7. The molecule has 2 aromatic rings. The molecule has 2 aromatic carbocycles. The summed E-state index contributed by atoms with van der Waals surface area (Å²) < 4.78 is 43.9. The van der Waals surface area contributed by atoms with Gasteiger partial charge in [0.15, 0.2) is 0 Å². The molecule has 206 valence electrons. The Balaban J connectivity index is 1.96. The van der Waals surface area contributed by atoms with Crippen molar-refractivity contribution in [3.8, 4) is 11.5 Å². The number of methoxy groups -OCH3 is 2. The van der Waals surface area contributed by atoms with Crippen molar-refractivity contribution in [1.29, 1.82) is 0 Å². The number of amides is 1. The number of sulfonamides is 1. The monoisotopic (exact) mass is 535 g/mol. The van der Waals surface area contributed by atoms with Crippen LogP contribution in [0.25, 0.3) is 0 Å². The summed E-state index contributed by atoms with van der Waals surface area (Å²) in [5.74, 6) is 1.38. The molecule has 0 aliphatic rings. The fourth-order valence-corrected chi connectivity index (χ4v) is 4.82. The molecule has 9 nitrogen and oxygen atoms in total. The van der Waals surface area contributed by atoms with Crippen molar-refractivity contribution in [3.63, 3.8) is 0 Å². The smallest absolute Gasteiger partial charge is 0.407 e. The summed E-state index contributed by atoms with van der Waals surface area (Å²) in [5.41, 5.74) is 1.19. The normalized spacial score (nSPS) is 12.7. The van der Waals surface area contributed by atoms with Gasteiger partial charge in [-0.1, -0.05) is 24.3 Å². The molecule has 1 atom stereocenters. The molecule has 0 saturated heterocycles. The topological polar surface area (TPSA) is 106 Å². The molecule has 0 saturated carbocycles. The van der Waals surface area contributed by atoms with Gasteiger partial charge in [0.2, 0.25) is 10.0 Å². The second-order valence-electron chi connectivity index (χ2n) is 9.85. The van der Waals surface area contributed by atoms with Crippen LogP contribution < -0.4 is 20.1 Å². The Kier molecular flexibility index (Phi) is 11.7. The third kappa shape index (κ3) is 11.4. The van der Waals surface area contributed by atoms with Gasteiger partial charge in [0.25, 0.3) is 0 Å². The molecule has 2 rings (SSSR count). The zero-order valence-corrected chi connectivity index (χ0v) is 23.6. The third-order valence-electron chi connectivity index (χ3n) is 5.53. The third-order valence-corrected chi connectivity index (χ3v) is 7.29. The van der Waals surface area contributed by atoms with E-state index in [1.54, 1.807) is 14.2 Å². The SMILES string of the molecule is COc1ccc(CN(Cc2ccc(OC)cc2)S(=O)(=O)CCN[C@H](C)CCNC(=O)OC(C)(C)C)cc1. The molecule has 37 heavy (non-hydrogen) atoms. The summed E-state index contributed by atoms with van der Waals surface area (Å²) >= 11 is 0. The fourth-order valence-electron chi connectivity index (χ4n) is 3.49. The first-order valence-electron chi connectivity index (χ1n) is 12.4. The van der Waals surface area contributed by atoms with E-state index in [2.05, 4.69) is 10.6 Å². The summed E-state index contributed by atoms with van der Waals surface area (Å²) in [6.45, 7) is 8.59. The number of nitrogens with one attached hydrogen (secondary N) is 2. The fraction of sp³-hybridized carbons (Fsp3) is 0.519. The van der Waals surface area contributed by atoms with Gasteiger partial charge in [-0.25, -0.2) is 13.2 Å². The van der Waals surface area contributed by atoms with E-state index in [9.17, 15) is 13.2 Å². The van der Waals surface area contributed by atoms with E-state index in [-0.39, 0.29) is 31.4 Å². The molecule has 0 radical (unpaired) electrons. The van der Waals surface area contributed by atoms with Crippen LogP contribution in [0.1, 0.15) is 45.2 Å². The lowest BCUT2D eigenvalue weighted by atomic mass is 10.2. The van der Waals surface area contributed by atoms with E-state index in [1.807, 2.05) is 76.2 Å². The summed E-state index contributed by atoms with van der Waals surface area (Å²) in [6, 6.07) is 14.8. The Bertz CT molecular complexity index is 1020. The maximum atomic E-state index is 13.4. The molecule has 2 N–H and O–H groups in total. The van der Waals surface area contributed by atoms with Gasteiger partial charge in [-0.15, -0.1) is 0 Å². The van der Waals surface area contributed by atoms with Crippen LogP contribution in [0.5, 0.6) is 11.5 Å². The number of alkyl carbamates (subject to hydrolysis) is 1. The quantitative estimate of drug-likeness (QED) is 0.378. The molecule has 0 aromatic heterocycles. The Morgan fingerprint density at radius 1 is 0.892 bits per heavy atom. The molecule has 10 heteroatoms. The lowest BCUT2D eigenvalue weighted by Crippen LogP contribution is -2.39. The number of carbonyl (C=O) groups is 1. The van der Waals surface area contributed by atoms with Crippen LogP contribution in [0.3, 0.4) is 0 Å². The molecular formula is C27H41N3O6S. The standard InChI is InChI=1S/C27H41N3O6S/c1-21(15-16-29-26(31)36-27(2,3)4)28-17-18-37(32,33)30(19-22-7-11-24(34-5)12-8-22)20-23-9-13-25(35-6)14-10-23/h7-14,21,28H,15-20H2,1-6H3,(H,29,31)/t21-/m1/s1. The van der Waals surface area contributed by atoms with Crippen molar-refractivity contribution in [1.82, 2.24) is 14.9 Å². The largest absolute Gasteiger partial charge is 0.497 e. The highest BCUT2D eigenvalue weighted by Crippen LogP contribution is 2.19. The van der Waals surface area contributed by atoms with Crippen molar-refractivity contribution < 1.29 is 27.4 Å². The van der Waals surface area contributed by atoms with Gasteiger partial charge in [-0.05, 0) is 69.5 Å². The van der Waals surface area contributed by atoms with Gasteiger partial charge in [-0.3, -0.25) is 0 Å². The first-order chi connectivity index (χ1) is 17.4. The van der Waals surface area contributed by atoms with E-state index in [0.29, 0.717) is 24.5 Å². The Morgan fingerprint density at radius 3 is 1.81 bits per heavy atom. The Hall–Kier alpha value is -2.82. The Morgan fingerprint density at radius 2 is 1.38 bits per heavy atom. The van der Waals surface area contributed by atoms with Gasteiger partial charge < -0.3 is 24.8 Å². The molecule has 0 heterocycles. The molecular weight excluding hydrogens is 494 g/mol. The minimum Gasteiger partial charge on any atom is -0.497 e. The lowest BCUT2D eigenvalue weighted by molar-refractivity contribution is 0.0526. The van der Waals surface area contributed by atoms with Crippen LogP contribution in [0, 0.1) is 0 Å². The van der Waals surface area contributed by atoms with Gasteiger partial charge in [0.05, 0.1) is 20.0 Å². The van der Waals surface area contributed by atoms with Crippen LogP contribution in [-0.2, 0) is 27.8 Å². The van der Waals surface area contributed by atoms with E-state index in [1.165, 1.54) is 4.31 Å². The zero-order valence-electron chi connectivity index (χ0n) is 22.7. The van der Waals surface area contributed by atoms with Crippen molar-refractivity contribution >= 4 is 16.1 Å². The maximum Gasteiger partial charge on any atom is 0.407 e. The highest BCUT2D eigenvalue weighted by molar-refractivity contribution is 7.89. The van der Waals surface area contributed by atoms with Crippen molar-refractivity contribution in [2.45, 2.75) is 58.8 Å². The average Bonchev–Trinajstić information content (AvgIpc) is 2.83. The van der Waals surface area contributed by atoms with Crippen LogP contribution in [-0.4, -0.2) is 63.5 Å². The summed E-state index contributed by atoms with van der Waals surface area (Å²) in [6.07, 6.45) is 0.177. The molecule has 0 fully saturated rings. The molecule has 0 aliphatic carbocycles. The van der Waals surface area contributed by atoms with Crippen LogP contribution in [0.15, 0.2) is 48.5 Å². The summed E-state index contributed by atoms with van der Waals surface area (Å²) in [5, 5.41) is 5.96. The van der Waals surface area contributed by atoms with Gasteiger partial charge >= 0.3 is 6.09 Å². The van der Waals surface area contributed by atoms with E-state index in [0.717, 1.165) is 11.1 Å². The first kappa shape index (κ1) is 30.4. The number of carbonyl (C=O) groups excluding carboxylic acids is 1. The molecule has 0 unspecified atom stereocenters. The number of benzene rings is 2. The second-order valence-corrected chi connectivity index (χ2v) is 11.9. The van der Waals surface area contributed by atoms with E-state index >= 15 is 0 Å². The summed E-state index contributed by atoms with van der Waals surface area (Å²) in [7, 11) is -0.393. The first-order valence-corrected chi connectivity index (χ1v) is 14.0. The highest BCUT2D eigenvalue weighted by Gasteiger charge is 2.23. The van der Waals surface area contributed by atoms with Crippen molar-refractivity contribution in [2.24, 2.45) is 0 Å². The molecule has 0 bridgehead atoms. The number of rotatable bonds is 14. The van der Waals surface area contributed by atoms with Gasteiger partial charge in [-0.2, -0.15) is 4.31 Å². The van der Waals surface area contributed by atoms with E-state index in [4.69, 9.17) is 14.2 Å². The Labute approximate surface area is 221 Å². The zero-order chi connectivity index (χ0) is 27.5. The minimum absolute atomic E-state index is 0.0155. The van der Waals surface area contributed by atoms with Crippen LogP contribution in [0.2, 0.25) is 0 Å². The van der Waals surface area contributed by atoms with Gasteiger partial charge in [0, 0.05) is 32.2 Å². The predicted octanol–water partition coefficient (Wildman–Crippen LogP) is 3.93. The number of hydrogen-bond donors (Lipinski definition) is 2.